The predicted octanol–water partition coefficient (Wildman–Crippen LogP) is 0.988. The number of urea groups is 1. The Bertz CT molecular complexity index is 652. The zero-order valence-electron chi connectivity index (χ0n) is 14.3. The highest BCUT2D eigenvalue weighted by Gasteiger charge is 2.33. The average molecular weight is 331 g/mol. The largest absolute Gasteiger partial charge is 0.334 e. The minimum Gasteiger partial charge on any atom is -0.334 e. The molecule has 0 saturated carbocycles. The van der Waals surface area contributed by atoms with E-state index in [9.17, 15) is 9.59 Å². The van der Waals surface area contributed by atoms with Crippen LogP contribution in [0.1, 0.15) is 48.9 Å². The van der Waals surface area contributed by atoms with Gasteiger partial charge in [0.15, 0.2) is 0 Å². The van der Waals surface area contributed by atoms with E-state index in [1.807, 2.05) is 0 Å². The predicted molar refractivity (Wildman–Crippen MR) is 88.5 cm³/mol. The maximum atomic E-state index is 11.7. The fourth-order valence-corrected chi connectivity index (χ4v) is 4.30. The first-order chi connectivity index (χ1) is 11.6. The number of amides is 3. The van der Waals surface area contributed by atoms with E-state index in [2.05, 4.69) is 21.8 Å². The van der Waals surface area contributed by atoms with Crippen LogP contribution in [-0.2, 0) is 24.7 Å². The van der Waals surface area contributed by atoms with Crippen LogP contribution in [0.4, 0.5) is 4.79 Å². The Morgan fingerprint density at radius 1 is 1.17 bits per heavy atom. The number of aryl methyl sites for hydroxylation is 1. The van der Waals surface area contributed by atoms with Crippen molar-refractivity contribution < 1.29 is 9.59 Å². The van der Waals surface area contributed by atoms with Crippen molar-refractivity contribution in [3.63, 3.8) is 0 Å². The summed E-state index contributed by atoms with van der Waals surface area (Å²) in [4.78, 5) is 32.1. The second-order valence-corrected chi connectivity index (χ2v) is 7.03. The highest BCUT2D eigenvalue weighted by Crippen LogP contribution is 2.33. The van der Waals surface area contributed by atoms with Crippen molar-refractivity contribution in [2.45, 2.75) is 44.6 Å². The molecule has 1 atom stereocenters. The second-order valence-electron chi connectivity index (χ2n) is 7.03. The van der Waals surface area contributed by atoms with Crippen LogP contribution in [0.15, 0.2) is 0 Å². The third kappa shape index (κ3) is 2.60. The summed E-state index contributed by atoms with van der Waals surface area (Å²) in [6, 6.07) is 0.0459. The summed E-state index contributed by atoms with van der Waals surface area (Å²) >= 11 is 0. The molecule has 4 rings (SSSR count). The molecule has 0 aromatic carbocycles. The lowest BCUT2D eigenvalue weighted by atomic mass is 10.0. The lowest BCUT2D eigenvalue weighted by molar-refractivity contribution is -0.125. The van der Waals surface area contributed by atoms with E-state index in [0.717, 1.165) is 44.6 Å². The SMILES string of the molecule is Cn1c([C@@H]2CCCN2CCN2C(=O)CNC2=O)nc2c1CCCC2. The van der Waals surface area contributed by atoms with Crippen molar-refractivity contribution >= 4 is 11.9 Å². The molecule has 7 heteroatoms. The molecule has 1 aromatic rings. The number of nitrogens with one attached hydrogen (secondary N) is 1. The van der Waals surface area contributed by atoms with Gasteiger partial charge in [-0.15, -0.1) is 0 Å². The summed E-state index contributed by atoms with van der Waals surface area (Å²) in [5.74, 6) is 1.04. The monoisotopic (exact) mass is 331 g/mol. The van der Waals surface area contributed by atoms with E-state index in [4.69, 9.17) is 4.98 Å². The van der Waals surface area contributed by atoms with Gasteiger partial charge < -0.3 is 9.88 Å². The molecule has 3 aliphatic rings. The van der Waals surface area contributed by atoms with Crippen molar-refractivity contribution in [2.75, 3.05) is 26.2 Å². The standard InChI is InChI=1S/C17H25N5O2/c1-20-13-6-3-2-5-12(13)19-16(20)14-7-4-8-21(14)9-10-22-15(23)11-18-17(22)24/h14H,2-11H2,1H3,(H,18,24)/t14-/m0/s1. The number of imidazole rings is 1. The van der Waals surface area contributed by atoms with Crippen molar-refractivity contribution in [2.24, 2.45) is 7.05 Å². The molecule has 1 N–H and O–H groups in total. The van der Waals surface area contributed by atoms with Crippen LogP contribution in [0.5, 0.6) is 0 Å². The number of imide groups is 1. The Kier molecular flexibility index (Phi) is 4.04. The van der Waals surface area contributed by atoms with E-state index in [-0.39, 0.29) is 18.5 Å². The number of hydrogen-bond donors (Lipinski definition) is 1. The van der Waals surface area contributed by atoms with E-state index < -0.39 is 0 Å². The molecule has 7 nitrogen and oxygen atoms in total. The van der Waals surface area contributed by atoms with Crippen molar-refractivity contribution in [3.05, 3.63) is 17.2 Å². The molecule has 1 aliphatic carbocycles. The Morgan fingerprint density at radius 2 is 2.00 bits per heavy atom. The lowest BCUT2D eigenvalue weighted by Crippen LogP contribution is -2.39. The van der Waals surface area contributed by atoms with E-state index in [0.29, 0.717) is 12.6 Å². The van der Waals surface area contributed by atoms with Crippen LogP contribution in [0.3, 0.4) is 0 Å². The topological polar surface area (TPSA) is 70.5 Å². The Hall–Kier alpha value is -1.89. The van der Waals surface area contributed by atoms with Crippen molar-refractivity contribution in [3.8, 4) is 0 Å². The van der Waals surface area contributed by atoms with Gasteiger partial charge in [-0.2, -0.15) is 0 Å². The zero-order valence-corrected chi connectivity index (χ0v) is 14.3. The van der Waals surface area contributed by atoms with Gasteiger partial charge in [0.1, 0.15) is 5.82 Å². The smallest absolute Gasteiger partial charge is 0.324 e. The molecule has 2 aliphatic heterocycles. The van der Waals surface area contributed by atoms with E-state index in [1.54, 1.807) is 0 Å². The first-order valence-corrected chi connectivity index (χ1v) is 9.02. The fourth-order valence-electron chi connectivity index (χ4n) is 4.30. The Labute approximate surface area is 142 Å². The molecule has 1 aromatic heterocycles. The molecular formula is C17H25N5O2. The Balaban J connectivity index is 1.48. The van der Waals surface area contributed by atoms with Crippen LogP contribution in [-0.4, -0.2) is 57.5 Å². The first-order valence-electron chi connectivity index (χ1n) is 9.02. The van der Waals surface area contributed by atoms with Crippen LogP contribution >= 0.6 is 0 Å². The molecule has 0 bridgehead atoms. The minimum absolute atomic E-state index is 0.122. The Morgan fingerprint density at radius 3 is 2.75 bits per heavy atom. The number of nitrogens with zero attached hydrogens (tertiary/aromatic N) is 4. The summed E-state index contributed by atoms with van der Waals surface area (Å²) in [5, 5.41) is 2.58. The molecular weight excluding hydrogens is 306 g/mol. The molecule has 2 fully saturated rings. The van der Waals surface area contributed by atoms with Gasteiger partial charge in [-0.25, -0.2) is 9.78 Å². The molecule has 3 amide bonds. The van der Waals surface area contributed by atoms with Crippen molar-refractivity contribution in [1.82, 2.24) is 24.7 Å². The van der Waals surface area contributed by atoms with Crippen LogP contribution in [0, 0.1) is 0 Å². The van der Waals surface area contributed by atoms with Gasteiger partial charge in [0, 0.05) is 25.8 Å². The number of carbonyl (C=O) groups excluding carboxylic acids is 2. The summed E-state index contributed by atoms with van der Waals surface area (Å²) in [5.41, 5.74) is 2.68. The quantitative estimate of drug-likeness (QED) is 0.835. The lowest BCUT2D eigenvalue weighted by Gasteiger charge is -2.26. The molecule has 0 radical (unpaired) electrons. The van der Waals surface area contributed by atoms with Gasteiger partial charge >= 0.3 is 6.03 Å². The number of aromatic nitrogens is 2. The van der Waals surface area contributed by atoms with Gasteiger partial charge in [-0.05, 0) is 45.1 Å². The highest BCUT2D eigenvalue weighted by molar-refractivity contribution is 6.01. The molecule has 2 saturated heterocycles. The van der Waals surface area contributed by atoms with Gasteiger partial charge in [0.05, 0.1) is 18.3 Å². The maximum Gasteiger partial charge on any atom is 0.324 e. The number of fused-ring (bicyclic) bond motifs is 1. The summed E-state index contributed by atoms with van der Waals surface area (Å²) in [6.07, 6.45) is 6.97. The number of likely N-dealkylation sites (tertiary alicyclic amines) is 1. The third-order valence-electron chi connectivity index (χ3n) is 5.62. The normalized spacial score (nSPS) is 24.5. The number of carbonyl (C=O) groups is 2. The van der Waals surface area contributed by atoms with Gasteiger partial charge in [-0.1, -0.05) is 0 Å². The average Bonchev–Trinajstić information content (AvgIpc) is 3.25. The van der Waals surface area contributed by atoms with Gasteiger partial charge in [-0.3, -0.25) is 14.6 Å². The van der Waals surface area contributed by atoms with E-state index in [1.165, 1.54) is 29.1 Å². The van der Waals surface area contributed by atoms with Crippen LogP contribution in [0.25, 0.3) is 0 Å². The number of rotatable bonds is 4. The third-order valence-corrected chi connectivity index (χ3v) is 5.62. The van der Waals surface area contributed by atoms with E-state index >= 15 is 0 Å². The molecule has 3 heterocycles. The van der Waals surface area contributed by atoms with Crippen LogP contribution in [0.2, 0.25) is 0 Å². The molecule has 130 valence electrons. The van der Waals surface area contributed by atoms with Gasteiger partial charge in [0.25, 0.3) is 0 Å². The maximum absolute atomic E-state index is 11.7. The van der Waals surface area contributed by atoms with Crippen LogP contribution < -0.4 is 5.32 Å². The minimum atomic E-state index is -0.261. The highest BCUT2D eigenvalue weighted by atomic mass is 16.2. The summed E-state index contributed by atoms with van der Waals surface area (Å²) in [7, 11) is 2.14. The zero-order chi connectivity index (χ0) is 16.7. The van der Waals surface area contributed by atoms with Gasteiger partial charge in [0.2, 0.25) is 5.91 Å². The van der Waals surface area contributed by atoms with Crippen molar-refractivity contribution in [1.29, 1.82) is 0 Å². The molecule has 0 unspecified atom stereocenters. The fraction of sp³-hybridized carbons (Fsp3) is 0.706. The molecule has 0 spiro atoms. The number of hydrogen-bond acceptors (Lipinski definition) is 4. The second kappa shape index (κ2) is 6.20. The first kappa shape index (κ1) is 15.6. The molecule has 24 heavy (non-hydrogen) atoms. The summed E-state index contributed by atoms with van der Waals surface area (Å²) in [6.45, 7) is 2.33. The summed E-state index contributed by atoms with van der Waals surface area (Å²) < 4.78 is 2.30.